The molecule has 0 saturated carbocycles. The van der Waals surface area contributed by atoms with Crippen molar-refractivity contribution < 1.29 is 8.42 Å². The van der Waals surface area contributed by atoms with Gasteiger partial charge in [0.25, 0.3) is 0 Å². The summed E-state index contributed by atoms with van der Waals surface area (Å²) in [5.41, 5.74) is 6.91. The van der Waals surface area contributed by atoms with E-state index in [9.17, 15) is 8.42 Å². The van der Waals surface area contributed by atoms with E-state index >= 15 is 0 Å². The van der Waals surface area contributed by atoms with Gasteiger partial charge in [-0.2, -0.15) is 0 Å². The number of hydrogen-bond acceptors (Lipinski definition) is 3. The van der Waals surface area contributed by atoms with Crippen molar-refractivity contribution in [1.82, 2.24) is 4.72 Å². The van der Waals surface area contributed by atoms with Gasteiger partial charge in [0.05, 0.1) is 4.90 Å². The highest BCUT2D eigenvalue weighted by Gasteiger charge is 2.15. The number of benzene rings is 1. The second kappa shape index (κ2) is 8.39. The molecule has 0 fully saturated rings. The second-order valence-corrected chi connectivity index (χ2v) is 7.75. The van der Waals surface area contributed by atoms with Crippen molar-refractivity contribution in [3.05, 3.63) is 23.8 Å². The summed E-state index contributed by atoms with van der Waals surface area (Å²) < 4.78 is 27.0. The third-order valence-corrected chi connectivity index (χ3v) is 5.11. The number of hydrogen-bond donors (Lipinski definition) is 2. The molecule has 0 radical (unpaired) electrons. The average molecular weight is 312 g/mol. The number of rotatable bonds is 9. The largest absolute Gasteiger partial charge is 0.399 e. The van der Waals surface area contributed by atoms with Crippen LogP contribution in [-0.2, 0) is 10.0 Å². The van der Waals surface area contributed by atoms with E-state index < -0.39 is 10.0 Å². The summed E-state index contributed by atoms with van der Waals surface area (Å²) in [7, 11) is -3.42. The normalized spacial score (nSPS) is 12.0. The van der Waals surface area contributed by atoms with Gasteiger partial charge in [-0.1, -0.05) is 39.5 Å². The van der Waals surface area contributed by atoms with Gasteiger partial charge in [0.15, 0.2) is 0 Å². The molecule has 0 unspecified atom stereocenters. The molecule has 0 saturated heterocycles. The fraction of sp³-hybridized carbons (Fsp3) is 0.625. The lowest BCUT2D eigenvalue weighted by Crippen LogP contribution is -2.25. The molecular formula is C16H28N2O2S. The SMILES string of the molecule is Cc1cc(N)ccc1S(=O)(=O)NCCCCCCC(C)C. The zero-order valence-corrected chi connectivity index (χ0v) is 14.2. The molecule has 0 aliphatic rings. The van der Waals surface area contributed by atoms with Gasteiger partial charge in [-0.15, -0.1) is 0 Å². The number of anilines is 1. The number of nitrogens with one attached hydrogen (secondary N) is 1. The second-order valence-electron chi connectivity index (χ2n) is 6.02. The fourth-order valence-corrected chi connectivity index (χ4v) is 3.59. The van der Waals surface area contributed by atoms with Crippen molar-refractivity contribution in [1.29, 1.82) is 0 Å². The first kappa shape index (κ1) is 18.0. The van der Waals surface area contributed by atoms with Crippen molar-refractivity contribution in [2.24, 2.45) is 5.92 Å². The van der Waals surface area contributed by atoms with E-state index in [-0.39, 0.29) is 0 Å². The lowest BCUT2D eigenvalue weighted by atomic mass is 10.0. The highest BCUT2D eigenvalue weighted by Crippen LogP contribution is 2.17. The van der Waals surface area contributed by atoms with Crippen molar-refractivity contribution in [3.8, 4) is 0 Å². The van der Waals surface area contributed by atoms with Gasteiger partial charge in [-0.05, 0) is 43.0 Å². The lowest BCUT2D eigenvalue weighted by Gasteiger charge is -2.10. The molecule has 0 aromatic heterocycles. The molecule has 0 heterocycles. The maximum atomic E-state index is 12.2. The molecule has 120 valence electrons. The van der Waals surface area contributed by atoms with E-state index in [4.69, 9.17) is 5.73 Å². The van der Waals surface area contributed by atoms with Gasteiger partial charge >= 0.3 is 0 Å². The van der Waals surface area contributed by atoms with Crippen LogP contribution >= 0.6 is 0 Å². The van der Waals surface area contributed by atoms with Gasteiger partial charge in [-0.25, -0.2) is 13.1 Å². The monoisotopic (exact) mass is 312 g/mol. The van der Waals surface area contributed by atoms with Crippen LogP contribution in [0.4, 0.5) is 5.69 Å². The number of nitrogens with two attached hydrogens (primary N) is 1. The van der Waals surface area contributed by atoms with E-state index in [0.29, 0.717) is 22.7 Å². The lowest BCUT2D eigenvalue weighted by molar-refractivity contribution is 0.517. The minimum Gasteiger partial charge on any atom is -0.399 e. The van der Waals surface area contributed by atoms with Crippen LogP contribution in [0.25, 0.3) is 0 Å². The van der Waals surface area contributed by atoms with E-state index in [0.717, 1.165) is 18.8 Å². The number of unbranched alkanes of at least 4 members (excludes halogenated alkanes) is 3. The van der Waals surface area contributed by atoms with Crippen LogP contribution < -0.4 is 10.5 Å². The summed E-state index contributed by atoms with van der Waals surface area (Å²) in [6.07, 6.45) is 5.58. The highest BCUT2D eigenvalue weighted by molar-refractivity contribution is 7.89. The standard InChI is InChI=1S/C16H28N2O2S/c1-13(2)8-6-4-5-7-11-18-21(19,20)16-10-9-15(17)12-14(16)3/h9-10,12-13,18H,4-8,11,17H2,1-3H3. The summed E-state index contributed by atoms with van der Waals surface area (Å²) >= 11 is 0. The molecule has 0 aliphatic heterocycles. The van der Waals surface area contributed by atoms with E-state index in [1.807, 2.05) is 0 Å². The van der Waals surface area contributed by atoms with E-state index in [2.05, 4.69) is 18.6 Å². The summed E-state index contributed by atoms with van der Waals surface area (Å²) in [5.74, 6) is 0.747. The zero-order valence-electron chi connectivity index (χ0n) is 13.4. The minimum absolute atomic E-state index is 0.316. The fourth-order valence-electron chi connectivity index (χ4n) is 2.29. The predicted octanol–water partition coefficient (Wildman–Crippen LogP) is 3.46. The number of nitrogen functional groups attached to an aromatic ring is 1. The summed E-state index contributed by atoms with van der Waals surface area (Å²) in [5, 5.41) is 0. The average Bonchev–Trinajstić information content (AvgIpc) is 2.36. The first-order valence-electron chi connectivity index (χ1n) is 7.68. The third-order valence-electron chi connectivity index (χ3n) is 3.49. The molecule has 1 aromatic rings. The molecular weight excluding hydrogens is 284 g/mol. The third kappa shape index (κ3) is 6.48. The Hall–Kier alpha value is -1.07. The Balaban J connectivity index is 2.37. The molecule has 0 amide bonds. The van der Waals surface area contributed by atoms with Gasteiger partial charge < -0.3 is 5.73 Å². The van der Waals surface area contributed by atoms with Crippen LogP contribution in [0.15, 0.2) is 23.1 Å². The van der Waals surface area contributed by atoms with Crippen molar-refractivity contribution in [2.45, 2.75) is 57.8 Å². The predicted molar refractivity (Wildman–Crippen MR) is 88.7 cm³/mol. The Labute approximate surface area is 129 Å². The zero-order chi connectivity index (χ0) is 15.9. The Morgan fingerprint density at radius 2 is 1.81 bits per heavy atom. The van der Waals surface area contributed by atoms with Gasteiger partial charge in [-0.3, -0.25) is 0 Å². The van der Waals surface area contributed by atoms with Crippen LogP contribution in [0.2, 0.25) is 0 Å². The maximum Gasteiger partial charge on any atom is 0.240 e. The highest BCUT2D eigenvalue weighted by atomic mass is 32.2. The van der Waals surface area contributed by atoms with Crippen LogP contribution in [0, 0.1) is 12.8 Å². The van der Waals surface area contributed by atoms with E-state index in [1.165, 1.54) is 19.3 Å². The van der Waals surface area contributed by atoms with Crippen LogP contribution in [-0.4, -0.2) is 15.0 Å². The number of aryl methyl sites for hydroxylation is 1. The van der Waals surface area contributed by atoms with Gasteiger partial charge in [0.1, 0.15) is 0 Å². The topological polar surface area (TPSA) is 72.2 Å². The quantitative estimate of drug-likeness (QED) is 0.542. The first-order chi connectivity index (χ1) is 9.83. The van der Waals surface area contributed by atoms with Gasteiger partial charge in [0.2, 0.25) is 10.0 Å². The van der Waals surface area contributed by atoms with Crippen LogP contribution in [0.5, 0.6) is 0 Å². The van der Waals surface area contributed by atoms with Crippen LogP contribution in [0.3, 0.4) is 0 Å². The van der Waals surface area contributed by atoms with Gasteiger partial charge in [0, 0.05) is 12.2 Å². The Kier molecular flexibility index (Phi) is 7.18. The molecule has 0 bridgehead atoms. The Morgan fingerprint density at radius 3 is 2.43 bits per heavy atom. The van der Waals surface area contributed by atoms with Crippen molar-refractivity contribution in [3.63, 3.8) is 0 Å². The Morgan fingerprint density at radius 1 is 1.14 bits per heavy atom. The molecule has 5 heteroatoms. The molecule has 0 aliphatic carbocycles. The minimum atomic E-state index is -3.42. The van der Waals surface area contributed by atoms with Crippen molar-refractivity contribution in [2.75, 3.05) is 12.3 Å². The summed E-state index contributed by atoms with van der Waals surface area (Å²) in [6.45, 7) is 6.71. The molecule has 4 nitrogen and oxygen atoms in total. The smallest absolute Gasteiger partial charge is 0.240 e. The molecule has 1 aromatic carbocycles. The summed E-state index contributed by atoms with van der Waals surface area (Å²) in [6, 6.07) is 4.86. The molecule has 21 heavy (non-hydrogen) atoms. The maximum absolute atomic E-state index is 12.2. The van der Waals surface area contributed by atoms with Crippen molar-refractivity contribution >= 4 is 15.7 Å². The molecule has 0 atom stereocenters. The molecule has 3 N–H and O–H groups in total. The summed E-state index contributed by atoms with van der Waals surface area (Å²) in [4.78, 5) is 0.316. The molecule has 1 rings (SSSR count). The van der Waals surface area contributed by atoms with E-state index in [1.54, 1.807) is 25.1 Å². The molecule has 0 spiro atoms. The first-order valence-corrected chi connectivity index (χ1v) is 9.17. The number of sulfonamides is 1. The van der Waals surface area contributed by atoms with Crippen LogP contribution in [0.1, 0.15) is 51.5 Å². The Bertz CT molecular complexity index is 539.